The molecule has 1 aliphatic rings. The van der Waals surface area contributed by atoms with Gasteiger partial charge in [-0.3, -0.25) is 14.3 Å². The molecule has 2 aromatic carbocycles. The lowest BCUT2D eigenvalue weighted by molar-refractivity contribution is 0.0615. The van der Waals surface area contributed by atoms with Gasteiger partial charge < -0.3 is 4.90 Å². The molecule has 0 fully saturated rings. The highest BCUT2D eigenvalue weighted by atomic mass is 19.1. The number of amides is 1. The van der Waals surface area contributed by atoms with Crippen molar-refractivity contribution in [1.82, 2.24) is 14.7 Å². The first-order valence-electron chi connectivity index (χ1n) is 10.6. The van der Waals surface area contributed by atoms with Gasteiger partial charge in [-0.1, -0.05) is 38.1 Å². The Labute approximate surface area is 185 Å². The molecule has 0 bridgehead atoms. The van der Waals surface area contributed by atoms with Gasteiger partial charge in [0.25, 0.3) is 5.91 Å². The summed E-state index contributed by atoms with van der Waals surface area (Å²) >= 11 is 0. The van der Waals surface area contributed by atoms with Crippen LogP contribution in [0.1, 0.15) is 53.0 Å². The molecule has 7 heteroatoms. The maximum atomic E-state index is 14.2. The quantitative estimate of drug-likeness (QED) is 0.598. The molecule has 1 aromatic heterocycles. The first kappa shape index (κ1) is 21.9. The van der Waals surface area contributed by atoms with Crippen LogP contribution in [0.3, 0.4) is 0 Å². The van der Waals surface area contributed by atoms with Gasteiger partial charge in [-0.15, -0.1) is 0 Å². The molecule has 0 spiro atoms. The molecular weight excluding hydrogens is 412 g/mol. The lowest BCUT2D eigenvalue weighted by atomic mass is 9.83. The van der Waals surface area contributed by atoms with Gasteiger partial charge in [0.2, 0.25) is 5.43 Å². The SMILES string of the molecule is Cc1c2n(ncc1=O)C(C(c1cccc(F)c1)c1cccc(F)c1)CN(CC(C)C)C2=O. The highest BCUT2D eigenvalue weighted by Gasteiger charge is 2.39. The third-order valence-electron chi connectivity index (χ3n) is 5.85. The summed E-state index contributed by atoms with van der Waals surface area (Å²) in [5.41, 5.74) is 1.52. The molecule has 32 heavy (non-hydrogen) atoms. The van der Waals surface area contributed by atoms with Gasteiger partial charge in [0.15, 0.2) is 0 Å². The number of aromatic nitrogens is 2. The number of hydrogen-bond donors (Lipinski definition) is 0. The largest absolute Gasteiger partial charge is 0.335 e. The Balaban J connectivity index is 1.95. The molecule has 1 unspecified atom stereocenters. The Morgan fingerprint density at radius 2 is 1.62 bits per heavy atom. The molecular formula is C25H25F2N3O2. The van der Waals surface area contributed by atoms with E-state index in [0.717, 1.165) is 0 Å². The molecule has 2 heterocycles. The van der Waals surface area contributed by atoms with E-state index in [9.17, 15) is 18.4 Å². The van der Waals surface area contributed by atoms with Crippen LogP contribution in [0.4, 0.5) is 8.78 Å². The molecule has 5 nitrogen and oxygen atoms in total. The fourth-order valence-electron chi connectivity index (χ4n) is 4.49. The number of hydrogen-bond acceptors (Lipinski definition) is 3. The number of carbonyl (C=O) groups is 1. The van der Waals surface area contributed by atoms with E-state index in [4.69, 9.17) is 0 Å². The Morgan fingerprint density at radius 3 is 2.16 bits per heavy atom. The van der Waals surface area contributed by atoms with Crippen LogP contribution in [-0.2, 0) is 0 Å². The number of nitrogens with zero attached hydrogens (tertiary/aromatic N) is 3. The van der Waals surface area contributed by atoms with E-state index in [1.807, 2.05) is 13.8 Å². The van der Waals surface area contributed by atoms with E-state index < -0.39 is 23.6 Å². The molecule has 0 radical (unpaired) electrons. The van der Waals surface area contributed by atoms with Crippen LogP contribution >= 0.6 is 0 Å². The average molecular weight is 437 g/mol. The summed E-state index contributed by atoms with van der Waals surface area (Å²) in [5.74, 6) is -1.35. The van der Waals surface area contributed by atoms with Crippen LogP contribution in [0, 0.1) is 24.5 Å². The zero-order valence-electron chi connectivity index (χ0n) is 18.3. The van der Waals surface area contributed by atoms with Crippen molar-refractivity contribution in [1.29, 1.82) is 0 Å². The second kappa shape index (κ2) is 8.65. The van der Waals surface area contributed by atoms with Crippen molar-refractivity contribution in [3.05, 3.63) is 99.0 Å². The van der Waals surface area contributed by atoms with E-state index in [-0.39, 0.29) is 22.9 Å². The lowest BCUT2D eigenvalue weighted by Gasteiger charge is -2.40. The van der Waals surface area contributed by atoms with Crippen molar-refractivity contribution >= 4 is 5.91 Å². The summed E-state index contributed by atoms with van der Waals surface area (Å²) in [6.45, 7) is 6.43. The minimum atomic E-state index is -0.489. The van der Waals surface area contributed by atoms with Gasteiger partial charge in [0.05, 0.1) is 12.2 Å². The molecule has 1 amide bonds. The normalized spacial score (nSPS) is 16.0. The van der Waals surface area contributed by atoms with Crippen molar-refractivity contribution in [3.63, 3.8) is 0 Å². The Hall–Kier alpha value is -3.35. The zero-order chi connectivity index (χ0) is 23.0. The predicted molar refractivity (Wildman–Crippen MR) is 118 cm³/mol. The topological polar surface area (TPSA) is 55.2 Å². The van der Waals surface area contributed by atoms with Gasteiger partial charge in [-0.25, -0.2) is 8.78 Å². The molecule has 1 aliphatic heterocycles. The third kappa shape index (κ3) is 4.07. The Kier molecular flexibility index (Phi) is 5.91. The molecule has 3 aromatic rings. The van der Waals surface area contributed by atoms with E-state index in [1.54, 1.807) is 40.8 Å². The van der Waals surface area contributed by atoms with Crippen LogP contribution in [0.2, 0.25) is 0 Å². The minimum Gasteiger partial charge on any atom is -0.335 e. The van der Waals surface area contributed by atoms with Crippen molar-refractivity contribution in [3.8, 4) is 0 Å². The lowest BCUT2D eigenvalue weighted by Crippen LogP contribution is -2.48. The fraction of sp³-hybridized carbons (Fsp3) is 0.320. The molecule has 0 saturated heterocycles. The summed E-state index contributed by atoms with van der Waals surface area (Å²) < 4.78 is 30.0. The molecule has 166 valence electrons. The predicted octanol–water partition coefficient (Wildman–Crippen LogP) is 4.31. The molecule has 0 N–H and O–H groups in total. The van der Waals surface area contributed by atoms with Crippen molar-refractivity contribution in [2.75, 3.05) is 13.1 Å². The summed E-state index contributed by atoms with van der Waals surface area (Å²) in [4.78, 5) is 27.3. The van der Waals surface area contributed by atoms with Crippen molar-refractivity contribution in [2.24, 2.45) is 5.92 Å². The second-order valence-electron chi connectivity index (χ2n) is 8.69. The number of carbonyl (C=O) groups excluding carboxylic acids is 1. The third-order valence-corrected chi connectivity index (χ3v) is 5.85. The van der Waals surface area contributed by atoms with Crippen LogP contribution in [0.5, 0.6) is 0 Å². The van der Waals surface area contributed by atoms with Crippen LogP contribution in [-0.4, -0.2) is 33.7 Å². The van der Waals surface area contributed by atoms with Gasteiger partial charge >= 0.3 is 0 Å². The smallest absolute Gasteiger partial charge is 0.272 e. The monoisotopic (exact) mass is 437 g/mol. The molecule has 0 saturated carbocycles. The van der Waals surface area contributed by atoms with E-state index in [0.29, 0.717) is 29.8 Å². The standard InChI is InChI=1S/C25H25F2N3O2/c1-15(2)13-29-14-21(30-24(25(29)32)16(3)22(31)12-28-30)23(17-6-4-8-19(26)10-17)18-7-5-9-20(27)11-18/h4-12,15,21,23H,13-14H2,1-3H3. The number of rotatable bonds is 5. The average Bonchev–Trinajstić information content (AvgIpc) is 2.73. The van der Waals surface area contributed by atoms with Gasteiger partial charge in [0.1, 0.15) is 17.3 Å². The van der Waals surface area contributed by atoms with E-state index in [1.165, 1.54) is 30.5 Å². The number of fused-ring (bicyclic) bond motifs is 1. The first-order valence-corrected chi connectivity index (χ1v) is 10.6. The van der Waals surface area contributed by atoms with Gasteiger partial charge in [-0.2, -0.15) is 5.10 Å². The highest BCUT2D eigenvalue weighted by Crippen LogP contribution is 2.39. The second-order valence-corrected chi connectivity index (χ2v) is 8.69. The maximum absolute atomic E-state index is 14.2. The Morgan fingerprint density at radius 1 is 1.03 bits per heavy atom. The fourth-order valence-corrected chi connectivity index (χ4v) is 4.49. The summed E-state index contributed by atoms with van der Waals surface area (Å²) in [7, 11) is 0. The number of benzene rings is 2. The van der Waals surface area contributed by atoms with Crippen LogP contribution < -0.4 is 5.43 Å². The summed E-state index contributed by atoms with van der Waals surface area (Å²) in [5, 5.41) is 4.31. The first-order chi connectivity index (χ1) is 15.3. The Bertz CT molecular complexity index is 1180. The van der Waals surface area contributed by atoms with Crippen LogP contribution in [0.15, 0.2) is 59.5 Å². The molecule has 0 aliphatic carbocycles. The number of halogens is 2. The van der Waals surface area contributed by atoms with Crippen molar-refractivity contribution in [2.45, 2.75) is 32.7 Å². The zero-order valence-corrected chi connectivity index (χ0v) is 18.3. The van der Waals surface area contributed by atoms with Gasteiger partial charge in [0, 0.05) is 24.6 Å². The van der Waals surface area contributed by atoms with Crippen LogP contribution in [0.25, 0.3) is 0 Å². The summed E-state index contributed by atoms with van der Waals surface area (Å²) in [6, 6.07) is 11.9. The molecule has 1 atom stereocenters. The molecule has 4 rings (SSSR count). The van der Waals surface area contributed by atoms with E-state index >= 15 is 0 Å². The highest BCUT2D eigenvalue weighted by molar-refractivity contribution is 5.94. The minimum absolute atomic E-state index is 0.205. The summed E-state index contributed by atoms with van der Waals surface area (Å²) in [6.07, 6.45) is 1.20. The van der Waals surface area contributed by atoms with E-state index in [2.05, 4.69) is 5.10 Å². The maximum Gasteiger partial charge on any atom is 0.272 e. The van der Waals surface area contributed by atoms with Gasteiger partial charge in [-0.05, 0) is 48.2 Å². The van der Waals surface area contributed by atoms with Crippen molar-refractivity contribution < 1.29 is 13.6 Å².